The number of likely N-dealkylation sites (tertiary alicyclic amines) is 1. The van der Waals surface area contributed by atoms with E-state index in [1.54, 1.807) is 4.90 Å². The lowest BCUT2D eigenvalue weighted by Gasteiger charge is -2.34. The number of carbonyl (C=O) groups is 1. The lowest BCUT2D eigenvalue weighted by atomic mass is 9.93. The van der Waals surface area contributed by atoms with E-state index in [-0.39, 0.29) is 23.8 Å². The second kappa shape index (κ2) is 11.5. The number of morpholine rings is 1. The molecule has 0 aliphatic carbocycles. The molecule has 0 atom stereocenters. The monoisotopic (exact) mass is 493 g/mol. The molecule has 1 amide bonds. The topological polar surface area (TPSA) is 88.2 Å². The number of nitrogens with one attached hydrogen (secondary N) is 1. The van der Waals surface area contributed by atoms with Gasteiger partial charge in [0, 0.05) is 39.1 Å². The van der Waals surface area contributed by atoms with Gasteiger partial charge in [-0.05, 0) is 56.0 Å². The summed E-state index contributed by atoms with van der Waals surface area (Å²) < 4.78 is 72.7. The highest BCUT2D eigenvalue weighted by Gasteiger charge is 2.31. The molecule has 2 heterocycles. The van der Waals surface area contributed by atoms with Gasteiger partial charge in [0.15, 0.2) is 0 Å². The first-order valence-electron chi connectivity index (χ1n) is 11.1. The number of rotatable bonds is 9. The van der Waals surface area contributed by atoms with Crippen LogP contribution in [0.15, 0.2) is 29.2 Å². The zero-order chi connectivity index (χ0) is 23.9. The van der Waals surface area contributed by atoms with Crippen molar-refractivity contribution in [2.45, 2.75) is 36.9 Å². The summed E-state index contributed by atoms with van der Waals surface area (Å²) in [6, 6.07) is 3.90. The number of nitrogens with zero attached hydrogens (tertiary/aromatic N) is 2. The fraction of sp³-hybridized carbons (Fsp3) is 0.667. The average molecular weight is 494 g/mol. The van der Waals surface area contributed by atoms with Crippen LogP contribution in [0.1, 0.15) is 25.7 Å². The van der Waals surface area contributed by atoms with E-state index >= 15 is 0 Å². The lowest BCUT2D eigenvalue weighted by Crippen LogP contribution is -2.41. The van der Waals surface area contributed by atoms with Crippen molar-refractivity contribution in [1.82, 2.24) is 14.5 Å². The van der Waals surface area contributed by atoms with E-state index in [2.05, 4.69) is 14.4 Å². The van der Waals surface area contributed by atoms with Crippen molar-refractivity contribution in [3.05, 3.63) is 24.3 Å². The summed E-state index contributed by atoms with van der Waals surface area (Å²) in [5.41, 5.74) is 0. The minimum Gasteiger partial charge on any atom is -0.406 e. The van der Waals surface area contributed by atoms with E-state index < -0.39 is 22.1 Å². The van der Waals surface area contributed by atoms with Gasteiger partial charge in [-0.1, -0.05) is 0 Å². The highest BCUT2D eigenvalue weighted by Crippen LogP contribution is 2.24. The molecule has 2 saturated heterocycles. The van der Waals surface area contributed by atoms with Crippen LogP contribution in [-0.4, -0.2) is 83.0 Å². The molecule has 0 spiro atoms. The summed E-state index contributed by atoms with van der Waals surface area (Å²) in [7, 11) is -3.95. The number of alkyl halides is 3. The predicted octanol–water partition coefficient (Wildman–Crippen LogP) is 2.21. The van der Waals surface area contributed by atoms with Gasteiger partial charge in [0.25, 0.3) is 0 Å². The zero-order valence-corrected chi connectivity index (χ0v) is 19.2. The van der Waals surface area contributed by atoms with Crippen LogP contribution < -0.4 is 9.46 Å². The fourth-order valence-corrected chi connectivity index (χ4v) is 5.05. The maximum atomic E-state index is 12.5. The number of amides is 1. The summed E-state index contributed by atoms with van der Waals surface area (Å²) in [6.45, 7) is 5.81. The van der Waals surface area contributed by atoms with Gasteiger partial charge in [0.1, 0.15) is 5.75 Å². The molecule has 8 nitrogen and oxygen atoms in total. The number of hydrogen-bond acceptors (Lipinski definition) is 6. The van der Waals surface area contributed by atoms with E-state index in [0.717, 1.165) is 76.4 Å². The predicted molar refractivity (Wildman–Crippen MR) is 114 cm³/mol. The highest BCUT2D eigenvalue weighted by atomic mass is 32.2. The van der Waals surface area contributed by atoms with Crippen molar-refractivity contribution >= 4 is 15.9 Å². The van der Waals surface area contributed by atoms with Crippen LogP contribution in [0.25, 0.3) is 0 Å². The largest absolute Gasteiger partial charge is 0.573 e. The van der Waals surface area contributed by atoms with E-state index in [1.165, 1.54) is 0 Å². The Bertz CT molecular complexity index is 866. The van der Waals surface area contributed by atoms with Gasteiger partial charge in [0.05, 0.1) is 18.1 Å². The van der Waals surface area contributed by atoms with Crippen LogP contribution in [-0.2, 0) is 19.6 Å². The van der Waals surface area contributed by atoms with Crippen molar-refractivity contribution in [2.75, 3.05) is 52.5 Å². The molecule has 1 N–H and O–H groups in total. The van der Waals surface area contributed by atoms with Gasteiger partial charge >= 0.3 is 6.36 Å². The molecule has 2 aliphatic heterocycles. The molecule has 1 aromatic rings. The van der Waals surface area contributed by atoms with Crippen LogP contribution in [0.2, 0.25) is 0 Å². The van der Waals surface area contributed by atoms with Crippen molar-refractivity contribution in [3.63, 3.8) is 0 Å². The summed E-state index contributed by atoms with van der Waals surface area (Å²) in [6.07, 6.45) is -1.85. The first kappa shape index (κ1) is 25.7. The Morgan fingerprint density at radius 3 is 2.33 bits per heavy atom. The number of sulfonamides is 1. The Morgan fingerprint density at radius 2 is 1.73 bits per heavy atom. The highest BCUT2D eigenvalue weighted by molar-refractivity contribution is 7.89. The lowest BCUT2D eigenvalue weighted by molar-refractivity contribution is -0.274. The molecule has 2 aliphatic rings. The molecule has 3 rings (SSSR count). The fourth-order valence-electron chi connectivity index (χ4n) is 4.02. The summed E-state index contributed by atoms with van der Waals surface area (Å²) in [4.78, 5) is 16.4. The molecule has 0 aromatic heterocycles. The normalized spacial score (nSPS) is 18.9. The third kappa shape index (κ3) is 8.43. The first-order chi connectivity index (χ1) is 15.6. The molecule has 12 heteroatoms. The molecule has 0 radical (unpaired) electrons. The molecular formula is C21H30F3N3O5S. The number of hydrogen-bond donors (Lipinski definition) is 1. The molecule has 2 fully saturated rings. The molecule has 186 valence electrons. The van der Waals surface area contributed by atoms with E-state index in [1.807, 2.05) is 0 Å². The standard InChI is InChI=1S/C21H30F3N3O5S/c22-21(23,24)32-18-1-3-19(4-2-18)33(29,30)25-9-5-20(28)27-11-7-17(8-12-27)6-10-26-13-15-31-16-14-26/h1-4,17,25H,5-16H2. The van der Waals surface area contributed by atoms with Crippen molar-refractivity contribution in [3.8, 4) is 5.75 Å². The van der Waals surface area contributed by atoms with Gasteiger partial charge in [-0.3, -0.25) is 9.69 Å². The molecular weight excluding hydrogens is 463 g/mol. The first-order valence-corrected chi connectivity index (χ1v) is 12.5. The van der Waals surface area contributed by atoms with Crippen molar-refractivity contribution in [2.24, 2.45) is 5.92 Å². The molecule has 0 unspecified atom stereocenters. The maximum Gasteiger partial charge on any atom is 0.573 e. The Labute approximate surface area is 192 Å². The van der Waals surface area contributed by atoms with Gasteiger partial charge < -0.3 is 14.4 Å². The molecule has 0 bridgehead atoms. The van der Waals surface area contributed by atoms with E-state index in [0.29, 0.717) is 19.0 Å². The maximum absolute atomic E-state index is 12.5. The van der Waals surface area contributed by atoms with Crippen molar-refractivity contribution in [1.29, 1.82) is 0 Å². The second-order valence-electron chi connectivity index (χ2n) is 8.23. The smallest absolute Gasteiger partial charge is 0.406 e. The molecule has 1 aromatic carbocycles. The Balaban J connectivity index is 1.36. The van der Waals surface area contributed by atoms with Crippen molar-refractivity contribution < 1.29 is 35.9 Å². The Kier molecular flexibility index (Phi) is 8.96. The quantitative estimate of drug-likeness (QED) is 0.568. The van der Waals surface area contributed by atoms with Gasteiger partial charge in [0.2, 0.25) is 15.9 Å². The number of benzene rings is 1. The molecule has 0 saturated carbocycles. The van der Waals surface area contributed by atoms with Crippen LogP contribution in [0.4, 0.5) is 13.2 Å². The summed E-state index contributed by atoms with van der Waals surface area (Å²) in [5, 5.41) is 0. The number of ether oxygens (including phenoxy) is 2. The van der Waals surface area contributed by atoms with Gasteiger partial charge in [-0.15, -0.1) is 13.2 Å². The zero-order valence-electron chi connectivity index (χ0n) is 18.3. The minimum atomic E-state index is -4.85. The van der Waals surface area contributed by atoms with E-state index in [9.17, 15) is 26.4 Å². The Morgan fingerprint density at radius 1 is 1.09 bits per heavy atom. The van der Waals surface area contributed by atoms with Gasteiger partial charge in [-0.2, -0.15) is 0 Å². The van der Waals surface area contributed by atoms with Crippen LogP contribution >= 0.6 is 0 Å². The number of carbonyl (C=O) groups excluding carboxylic acids is 1. The minimum absolute atomic E-state index is 0.0208. The van der Waals surface area contributed by atoms with Gasteiger partial charge in [-0.25, -0.2) is 13.1 Å². The van der Waals surface area contributed by atoms with Crippen LogP contribution in [0, 0.1) is 5.92 Å². The molecule has 33 heavy (non-hydrogen) atoms. The SMILES string of the molecule is O=C(CCNS(=O)(=O)c1ccc(OC(F)(F)F)cc1)N1CCC(CCN2CCOCC2)CC1. The van der Waals surface area contributed by atoms with Crippen LogP contribution in [0.3, 0.4) is 0 Å². The summed E-state index contributed by atoms with van der Waals surface area (Å²) >= 11 is 0. The third-order valence-electron chi connectivity index (χ3n) is 5.92. The number of halogens is 3. The third-order valence-corrected chi connectivity index (χ3v) is 7.40. The summed E-state index contributed by atoms with van der Waals surface area (Å²) in [5.74, 6) is -0.0390. The van der Waals surface area contributed by atoms with E-state index in [4.69, 9.17) is 4.74 Å². The van der Waals surface area contributed by atoms with Crippen LogP contribution in [0.5, 0.6) is 5.75 Å². The number of piperidine rings is 1. The second-order valence-corrected chi connectivity index (χ2v) is 10.0. The Hall–Kier alpha value is -1.89. The average Bonchev–Trinajstić information content (AvgIpc) is 2.78.